The van der Waals surface area contributed by atoms with E-state index in [1.54, 1.807) is 19.9 Å². The van der Waals surface area contributed by atoms with Gasteiger partial charge in [0.25, 0.3) is 0 Å². The summed E-state index contributed by atoms with van der Waals surface area (Å²) in [5.41, 5.74) is 5.68. The number of thiocarbonyl (C=S) groups is 1. The first-order chi connectivity index (χ1) is 9.32. The van der Waals surface area contributed by atoms with Gasteiger partial charge in [0.2, 0.25) is 5.91 Å². The molecule has 0 aliphatic rings. The minimum atomic E-state index is -2.97. The van der Waals surface area contributed by atoms with Gasteiger partial charge in [0.05, 0.1) is 16.6 Å². The van der Waals surface area contributed by atoms with E-state index in [2.05, 4.69) is 10.1 Å². The highest BCUT2D eigenvalue weighted by Gasteiger charge is 2.25. The fraction of sp³-hybridized carbons (Fsp3) is 0.385. The molecule has 0 saturated carbocycles. The molecule has 20 heavy (non-hydrogen) atoms. The number of hydrogen-bond donors (Lipinski definition) is 2. The van der Waals surface area contributed by atoms with Gasteiger partial charge >= 0.3 is 6.61 Å². The zero-order valence-corrected chi connectivity index (χ0v) is 11.9. The number of hydrogen-bond acceptors (Lipinski definition) is 3. The quantitative estimate of drug-likeness (QED) is 0.793. The van der Waals surface area contributed by atoms with Crippen LogP contribution in [0.1, 0.15) is 13.8 Å². The van der Waals surface area contributed by atoms with Gasteiger partial charge < -0.3 is 15.8 Å². The molecular formula is C13H16F2N2O2S. The fourth-order valence-electron chi connectivity index (χ4n) is 1.74. The molecule has 1 aromatic rings. The lowest BCUT2D eigenvalue weighted by Gasteiger charge is -2.20. The Balaban J connectivity index is 2.92. The lowest BCUT2D eigenvalue weighted by Crippen LogP contribution is -2.36. The van der Waals surface area contributed by atoms with Crippen LogP contribution in [0.5, 0.6) is 5.75 Å². The summed E-state index contributed by atoms with van der Waals surface area (Å²) in [6.07, 6.45) is 0. The average Bonchev–Trinajstić information content (AvgIpc) is 2.29. The first-order valence-electron chi connectivity index (χ1n) is 5.97. The van der Waals surface area contributed by atoms with Gasteiger partial charge in [-0.15, -0.1) is 0 Å². The van der Waals surface area contributed by atoms with Gasteiger partial charge in [-0.25, -0.2) is 0 Å². The van der Waals surface area contributed by atoms with Crippen molar-refractivity contribution in [2.24, 2.45) is 17.6 Å². The van der Waals surface area contributed by atoms with Crippen LogP contribution in [0.4, 0.5) is 14.5 Å². The van der Waals surface area contributed by atoms with Crippen molar-refractivity contribution < 1.29 is 18.3 Å². The van der Waals surface area contributed by atoms with Crippen LogP contribution in [-0.2, 0) is 4.79 Å². The van der Waals surface area contributed by atoms with E-state index in [0.717, 1.165) is 0 Å². The van der Waals surface area contributed by atoms with Gasteiger partial charge in [-0.3, -0.25) is 4.79 Å². The number of rotatable bonds is 6. The summed E-state index contributed by atoms with van der Waals surface area (Å²) in [5, 5.41) is 2.51. The predicted octanol–water partition coefficient (Wildman–Crippen LogP) is 2.78. The van der Waals surface area contributed by atoms with Gasteiger partial charge in [0.15, 0.2) is 0 Å². The number of carbonyl (C=O) groups excluding carboxylic acids is 1. The van der Waals surface area contributed by atoms with E-state index < -0.39 is 18.4 Å². The Morgan fingerprint density at radius 2 is 1.95 bits per heavy atom. The van der Waals surface area contributed by atoms with Crippen LogP contribution in [-0.4, -0.2) is 17.5 Å². The maximum atomic E-state index is 12.3. The molecule has 4 nitrogen and oxygen atoms in total. The highest BCUT2D eigenvalue weighted by Crippen LogP contribution is 2.26. The number of amides is 1. The third-order valence-electron chi connectivity index (χ3n) is 2.62. The molecule has 1 unspecified atom stereocenters. The van der Waals surface area contributed by atoms with Crippen molar-refractivity contribution in [1.82, 2.24) is 0 Å². The van der Waals surface area contributed by atoms with Crippen molar-refractivity contribution in [1.29, 1.82) is 0 Å². The Bertz CT molecular complexity index is 495. The summed E-state index contributed by atoms with van der Waals surface area (Å²) in [7, 11) is 0. The minimum absolute atomic E-state index is 0.0600. The van der Waals surface area contributed by atoms with Gasteiger partial charge in [0, 0.05) is 0 Å². The SMILES string of the molecule is CC(C)C(C(=O)Nc1ccccc1OC(F)F)C(N)=S. The van der Waals surface area contributed by atoms with Gasteiger partial charge in [0.1, 0.15) is 5.75 Å². The number of nitrogens with one attached hydrogen (secondary N) is 1. The molecule has 0 fully saturated rings. The summed E-state index contributed by atoms with van der Waals surface area (Å²) in [6.45, 7) is 0.625. The van der Waals surface area contributed by atoms with Crippen LogP contribution in [0, 0.1) is 11.8 Å². The minimum Gasteiger partial charge on any atom is -0.433 e. The Morgan fingerprint density at radius 3 is 2.45 bits per heavy atom. The van der Waals surface area contributed by atoms with Gasteiger partial charge in [-0.1, -0.05) is 38.2 Å². The van der Waals surface area contributed by atoms with Crippen LogP contribution in [0.25, 0.3) is 0 Å². The molecule has 1 rings (SSSR count). The molecular weight excluding hydrogens is 286 g/mol. The largest absolute Gasteiger partial charge is 0.433 e. The zero-order valence-electron chi connectivity index (χ0n) is 11.1. The molecule has 3 N–H and O–H groups in total. The van der Waals surface area contributed by atoms with Crippen LogP contribution in [0.15, 0.2) is 24.3 Å². The monoisotopic (exact) mass is 302 g/mol. The molecule has 0 bridgehead atoms. The molecule has 110 valence electrons. The molecule has 0 spiro atoms. The molecule has 1 aromatic carbocycles. The highest BCUT2D eigenvalue weighted by atomic mass is 32.1. The molecule has 1 amide bonds. The van der Waals surface area contributed by atoms with Crippen molar-refractivity contribution in [3.8, 4) is 5.75 Å². The smallest absolute Gasteiger partial charge is 0.387 e. The van der Waals surface area contributed by atoms with E-state index in [0.29, 0.717) is 0 Å². The lowest BCUT2D eigenvalue weighted by atomic mass is 9.95. The number of nitrogens with two attached hydrogens (primary N) is 1. The predicted molar refractivity (Wildman–Crippen MR) is 76.8 cm³/mol. The lowest BCUT2D eigenvalue weighted by molar-refractivity contribution is -0.119. The van der Waals surface area contributed by atoms with E-state index in [4.69, 9.17) is 18.0 Å². The van der Waals surface area contributed by atoms with Crippen molar-refractivity contribution in [3.63, 3.8) is 0 Å². The maximum absolute atomic E-state index is 12.3. The number of alkyl halides is 2. The van der Waals surface area contributed by atoms with Crippen LogP contribution in [0.2, 0.25) is 0 Å². The van der Waals surface area contributed by atoms with Gasteiger partial charge in [-0.05, 0) is 18.1 Å². The molecule has 7 heteroatoms. The average molecular weight is 302 g/mol. The topological polar surface area (TPSA) is 64.3 Å². The Labute approximate surface area is 121 Å². The van der Waals surface area contributed by atoms with E-state index >= 15 is 0 Å². The van der Waals surface area contributed by atoms with E-state index in [9.17, 15) is 13.6 Å². The van der Waals surface area contributed by atoms with Crippen molar-refractivity contribution in [3.05, 3.63) is 24.3 Å². The maximum Gasteiger partial charge on any atom is 0.387 e. The van der Waals surface area contributed by atoms with Gasteiger partial charge in [-0.2, -0.15) is 8.78 Å². The molecule has 0 aromatic heterocycles. The standard InChI is InChI=1S/C13H16F2N2O2S/c1-7(2)10(11(16)20)12(18)17-8-5-3-4-6-9(8)19-13(14)15/h3-7,10,13H,1-2H3,(H2,16,20)(H,17,18). The first kappa shape index (κ1) is 16.3. The van der Waals surface area contributed by atoms with Crippen molar-refractivity contribution in [2.45, 2.75) is 20.5 Å². The second-order valence-corrected chi connectivity index (χ2v) is 4.96. The number of anilines is 1. The number of carbonyl (C=O) groups is 1. The summed E-state index contributed by atoms with van der Waals surface area (Å²) in [4.78, 5) is 12.2. The van der Waals surface area contributed by atoms with E-state index in [1.165, 1.54) is 18.2 Å². The number of halogens is 2. The van der Waals surface area contributed by atoms with Crippen LogP contribution < -0.4 is 15.8 Å². The molecule has 0 saturated heterocycles. The van der Waals surface area contributed by atoms with Crippen LogP contribution >= 0.6 is 12.2 Å². The van der Waals surface area contributed by atoms with E-state index in [1.807, 2.05) is 0 Å². The first-order valence-corrected chi connectivity index (χ1v) is 6.37. The summed E-state index contributed by atoms with van der Waals surface area (Å²) in [5.74, 6) is -1.33. The Hall–Kier alpha value is -1.76. The van der Waals surface area contributed by atoms with Crippen molar-refractivity contribution >= 4 is 28.8 Å². The second kappa shape index (κ2) is 7.14. The summed E-state index contributed by atoms with van der Waals surface area (Å²) < 4.78 is 28.9. The molecule has 0 aliphatic heterocycles. The normalized spacial score (nSPS) is 12.3. The Kier molecular flexibility index (Phi) is 5.82. The molecule has 0 heterocycles. The summed E-state index contributed by atoms with van der Waals surface area (Å²) in [6, 6.07) is 5.93. The van der Waals surface area contributed by atoms with Crippen LogP contribution in [0.3, 0.4) is 0 Å². The number of ether oxygens (including phenoxy) is 1. The third-order valence-corrected chi connectivity index (χ3v) is 2.87. The van der Waals surface area contributed by atoms with Crippen molar-refractivity contribution in [2.75, 3.05) is 5.32 Å². The third kappa shape index (κ3) is 4.41. The number of para-hydroxylation sites is 2. The summed E-state index contributed by atoms with van der Waals surface area (Å²) >= 11 is 4.85. The second-order valence-electron chi connectivity index (χ2n) is 4.49. The molecule has 0 radical (unpaired) electrons. The zero-order chi connectivity index (χ0) is 15.3. The number of benzene rings is 1. The molecule has 0 aliphatic carbocycles. The molecule has 1 atom stereocenters. The van der Waals surface area contributed by atoms with E-state index in [-0.39, 0.29) is 22.3 Å². The Morgan fingerprint density at radius 1 is 1.35 bits per heavy atom. The highest BCUT2D eigenvalue weighted by molar-refractivity contribution is 7.80. The fourth-order valence-corrected chi connectivity index (χ4v) is 2.12.